The molecule has 2 aromatic carbocycles. The van der Waals surface area contributed by atoms with Crippen molar-refractivity contribution in [3.05, 3.63) is 66.6 Å². The first-order valence-corrected chi connectivity index (χ1v) is 8.07. The number of fused-ring (bicyclic) bond motifs is 1. The molecule has 2 heterocycles. The van der Waals surface area contributed by atoms with E-state index in [1.165, 1.54) is 0 Å². The number of anilines is 2. The van der Waals surface area contributed by atoms with E-state index in [2.05, 4.69) is 20.2 Å². The average molecular weight is 318 g/mol. The Balaban J connectivity index is 1.51. The van der Waals surface area contributed by atoms with Gasteiger partial charge < -0.3 is 15.2 Å². The number of rotatable bonds is 3. The zero-order valence-electron chi connectivity index (χ0n) is 13.2. The van der Waals surface area contributed by atoms with Crippen molar-refractivity contribution >= 4 is 17.4 Å². The van der Waals surface area contributed by atoms with Gasteiger partial charge in [-0.1, -0.05) is 30.3 Å². The summed E-state index contributed by atoms with van der Waals surface area (Å²) in [5, 5.41) is 5.70. The zero-order valence-corrected chi connectivity index (χ0v) is 13.2. The van der Waals surface area contributed by atoms with Crippen LogP contribution >= 0.6 is 0 Å². The van der Waals surface area contributed by atoms with Gasteiger partial charge in [0.05, 0.1) is 11.9 Å². The van der Waals surface area contributed by atoms with E-state index in [0.717, 1.165) is 47.8 Å². The molecule has 5 nitrogen and oxygen atoms in total. The zero-order chi connectivity index (χ0) is 16.4. The highest BCUT2D eigenvalue weighted by molar-refractivity contribution is 6.00. The molecule has 1 aromatic heterocycles. The van der Waals surface area contributed by atoms with Crippen molar-refractivity contribution in [1.82, 2.24) is 9.55 Å². The fraction of sp³-hybridized carbons (Fsp3) is 0.158. The van der Waals surface area contributed by atoms with Crippen molar-refractivity contribution in [3.63, 3.8) is 0 Å². The van der Waals surface area contributed by atoms with Crippen molar-refractivity contribution in [3.8, 4) is 11.3 Å². The molecule has 1 aliphatic rings. The average Bonchev–Trinajstić information content (AvgIpc) is 3.19. The summed E-state index contributed by atoms with van der Waals surface area (Å²) < 4.78 is 2.25. The molecule has 2 N–H and O–H groups in total. The fourth-order valence-corrected chi connectivity index (χ4v) is 3.06. The largest absolute Gasteiger partial charge is 0.328 e. The fourth-order valence-electron chi connectivity index (χ4n) is 3.06. The highest BCUT2D eigenvalue weighted by Crippen LogP contribution is 2.27. The Morgan fingerprint density at radius 2 is 1.79 bits per heavy atom. The number of benzene rings is 2. The van der Waals surface area contributed by atoms with Gasteiger partial charge in [0.15, 0.2) is 0 Å². The van der Waals surface area contributed by atoms with E-state index in [-0.39, 0.29) is 6.03 Å². The number of urea groups is 1. The van der Waals surface area contributed by atoms with Gasteiger partial charge in [-0.25, -0.2) is 9.78 Å². The van der Waals surface area contributed by atoms with Crippen LogP contribution in [0.1, 0.15) is 12.2 Å². The molecule has 120 valence electrons. The van der Waals surface area contributed by atoms with E-state index >= 15 is 0 Å². The second kappa shape index (κ2) is 6.20. The minimum atomic E-state index is -0.253. The van der Waals surface area contributed by atoms with Crippen molar-refractivity contribution in [1.29, 1.82) is 0 Å². The molecule has 5 heteroatoms. The standard InChI is InChI=1S/C19H18N4O/c24-19(21-15-7-2-1-3-8-15)22-16-9-4-6-14(12-16)17-13-20-18-10-5-11-23(17)18/h1-4,6-9,12-13H,5,10-11H2,(H2,21,22,24). The number of hydrogen-bond acceptors (Lipinski definition) is 2. The van der Waals surface area contributed by atoms with Gasteiger partial charge in [0.1, 0.15) is 5.82 Å². The van der Waals surface area contributed by atoms with E-state index in [0.29, 0.717) is 0 Å². The summed E-state index contributed by atoms with van der Waals surface area (Å²) in [6.07, 6.45) is 4.10. The van der Waals surface area contributed by atoms with Crippen molar-refractivity contribution in [2.75, 3.05) is 10.6 Å². The second-order valence-electron chi connectivity index (χ2n) is 5.84. The number of aromatic nitrogens is 2. The van der Waals surface area contributed by atoms with Gasteiger partial charge in [0.25, 0.3) is 0 Å². The maximum absolute atomic E-state index is 12.1. The second-order valence-corrected chi connectivity index (χ2v) is 5.84. The third kappa shape index (κ3) is 2.88. The van der Waals surface area contributed by atoms with Crippen molar-refractivity contribution in [2.24, 2.45) is 0 Å². The highest BCUT2D eigenvalue weighted by Gasteiger charge is 2.16. The first-order chi connectivity index (χ1) is 11.8. The Morgan fingerprint density at radius 3 is 2.67 bits per heavy atom. The molecule has 0 saturated heterocycles. The summed E-state index contributed by atoms with van der Waals surface area (Å²) in [5.41, 5.74) is 3.69. The van der Waals surface area contributed by atoms with E-state index in [4.69, 9.17) is 0 Å². The summed E-state index contributed by atoms with van der Waals surface area (Å²) in [6.45, 7) is 1.01. The van der Waals surface area contributed by atoms with Gasteiger partial charge >= 0.3 is 6.03 Å². The number of amides is 2. The van der Waals surface area contributed by atoms with Crippen LogP contribution in [0.15, 0.2) is 60.8 Å². The highest BCUT2D eigenvalue weighted by atomic mass is 16.2. The Bertz CT molecular complexity index is 870. The summed E-state index contributed by atoms with van der Waals surface area (Å²) in [7, 11) is 0. The maximum atomic E-state index is 12.1. The van der Waals surface area contributed by atoms with Crippen LogP contribution in [0, 0.1) is 0 Å². The van der Waals surface area contributed by atoms with E-state index in [1.807, 2.05) is 60.8 Å². The molecule has 0 bridgehead atoms. The summed E-state index contributed by atoms with van der Waals surface area (Å²) in [6, 6.07) is 17.0. The predicted octanol–water partition coefficient (Wildman–Crippen LogP) is 4.14. The first-order valence-electron chi connectivity index (χ1n) is 8.07. The molecule has 0 saturated carbocycles. The molecule has 0 spiro atoms. The molecule has 4 rings (SSSR count). The molecule has 0 radical (unpaired) electrons. The molecule has 0 fully saturated rings. The lowest BCUT2D eigenvalue weighted by atomic mass is 10.1. The molecule has 0 aliphatic carbocycles. The Hall–Kier alpha value is -3.08. The lowest BCUT2D eigenvalue weighted by Crippen LogP contribution is -2.19. The summed E-state index contributed by atoms with van der Waals surface area (Å²) in [4.78, 5) is 16.6. The number of imidazole rings is 1. The van der Waals surface area contributed by atoms with Crippen molar-refractivity contribution < 1.29 is 4.79 Å². The Kier molecular flexibility index (Phi) is 3.75. The molecule has 3 aromatic rings. The Morgan fingerprint density at radius 1 is 1.00 bits per heavy atom. The quantitative estimate of drug-likeness (QED) is 0.762. The maximum Gasteiger partial charge on any atom is 0.323 e. The lowest BCUT2D eigenvalue weighted by Gasteiger charge is -2.10. The molecule has 0 unspecified atom stereocenters. The van der Waals surface area contributed by atoms with E-state index < -0.39 is 0 Å². The normalized spacial score (nSPS) is 12.7. The van der Waals surface area contributed by atoms with Gasteiger partial charge in [0.2, 0.25) is 0 Å². The topological polar surface area (TPSA) is 59.0 Å². The van der Waals surface area contributed by atoms with Crippen LogP contribution in [0.3, 0.4) is 0 Å². The van der Waals surface area contributed by atoms with Gasteiger partial charge in [-0.15, -0.1) is 0 Å². The minimum Gasteiger partial charge on any atom is -0.328 e. The molecule has 1 aliphatic heterocycles. The molecule has 0 atom stereocenters. The summed E-state index contributed by atoms with van der Waals surface area (Å²) in [5.74, 6) is 1.14. The minimum absolute atomic E-state index is 0.253. The number of carbonyl (C=O) groups is 1. The number of nitrogens with zero attached hydrogens (tertiary/aromatic N) is 2. The predicted molar refractivity (Wildman–Crippen MR) is 95.1 cm³/mol. The number of carbonyl (C=O) groups excluding carboxylic acids is 1. The summed E-state index contributed by atoms with van der Waals surface area (Å²) >= 11 is 0. The van der Waals surface area contributed by atoms with Crippen LogP contribution in [0.5, 0.6) is 0 Å². The van der Waals surface area contributed by atoms with Crippen LogP contribution < -0.4 is 10.6 Å². The monoisotopic (exact) mass is 318 g/mol. The third-order valence-corrected chi connectivity index (χ3v) is 4.17. The Labute approximate surface area is 140 Å². The van der Waals surface area contributed by atoms with E-state index in [1.54, 1.807) is 0 Å². The third-order valence-electron chi connectivity index (χ3n) is 4.17. The van der Waals surface area contributed by atoms with Crippen LogP contribution in [-0.2, 0) is 13.0 Å². The van der Waals surface area contributed by atoms with E-state index in [9.17, 15) is 4.79 Å². The van der Waals surface area contributed by atoms with Gasteiger partial charge in [0, 0.05) is 29.9 Å². The van der Waals surface area contributed by atoms with Crippen LogP contribution in [0.2, 0.25) is 0 Å². The number of nitrogens with one attached hydrogen (secondary N) is 2. The molecular formula is C19H18N4O. The first kappa shape index (κ1) is 14.5. The molecular weight excluding hydrogens is 300 g/mol. The molecule has 2 amide bonds. The lowest BCUT2D eigenvalue weighted by molar-refractivity contribution is 0.262. The number of hydrogen-bond donors (Lipinski definition) is 2. The number of para-hydroxylation sites is 1. The molecule has 24 heavy (non-hydrogen) atoms. The van der Waals surface area contributed by atoms with Crippen LogP contribution in [0.25, 0.3) is 11.3 Å². The van der Waals surface area contributed by atoms with Crippen LogP contribution in [-0.4, -0.2) is 15.6 Å². The van der Waals surface area contributed by atoms with Gasteiger partial charge in [-0.2, -0.15) is 0 Å². The van der Waals surface area contributed by atoms with Gasteiger partial charge in [-0.05, 0) is 30.7 Å². The van der Waals surface area contributed by atoms with Crippen molar-refractivity contribution in [2.45, 2.75) is 19.4 Å². The smallest absolute Gasteiger partial charge is 0.323 e. The van der Waals surface area contributed by atoms with Gasteiger partial charge in [-0.3, -0.25) is 0 Å². The SMILES string of the molecule is O=C(Nc1ccccc1)Nc1cccc(-c2cnc3n2CCC3)c1. The van der Waals surface area contributed by atoms with Crippen LogP contribution in [0.4, 0.5) is 16.2 Å². The number of aryl methyl sites for hydroxylation is 1.